The average Bonchev–Trinajstić information content (AvgIpc) is 3.16. The van der Waals surface area contributed by atoms with Crippen molar-refractivity contribution in [3.63, 3.8) is 0 Å². The van der Waals surface area contributed by atoms with Crippen molar-refractivity contribution in [2.45, 2.75) is 31.7 Å². The minimum absolute atomic E-state index is 0.00471. The number of piperidine rings is 1. The van der Waals surface area contributed by atoms with Gasteiger partial charge in [0, 0.05) is 25.1 Å². The van der Waals surface area contributed by atoms with Crippen molar-refractivity contribution in [2.75, 3.05) is 13.1 Å². The lowest BCUT2D eigenvalue weighted by Gasteiger charge is -2.31. The van der Waals surface area contributed by atoms with Crippen LogP contribution in [0.2, 0.25) is 0 Å². The van der Waals surface area contributed by atoms with Crippen LogP contribution in [0.1, 0.15) is 42.0 Å². The summed E-state index contributed by atoms with van der Waals surface area (Å²) >= 11 is 0. The predicted octanol–water partition coefficient (Wildman–Crippen LogP) is 3.74. The van der Waals surface area contributed by atoms with Crippen LogP contribution in [0.3, 0.4) is 0 Å². The van der Waals surface area contributed by atoms with E-state index >= 15 is 0 Å². The second-order valence-electron chi connectivity index (χ2n) is 7.64. The van der Waals surface area contributed by atoms with E-state index in [1.165, 1.54) is 11.1 Å². The lowest BCUT2D eigenvalue weighted by molar-refractivity contribution is -0.132. The van der Waals surface area contributed by atoms with Crippen LogP contribution in [0.5, 0.6) is 0 Å². The number of amides is 2. The standard InChI is InChI=1S/C24H26N2O2/c27-23(13-10-18-6-2-1-3-7-18)26-16-14-20(15-17-26)24(28)25-22-12-11-19-8-4-5-9-21(19)22/h1-10,13,20,22H,11-12,14-17H2,(H,25,28)/b13-10+. The zero-order valence-electron chi connectivity index (χ0n) is 16.0. The molecule has 1 N–H and O–H groups in total. The first kappa shape index (κ1) is 18.5. The van der Waals surface area contributed by atoms with Crippen LogP contribution in [0.4, 0.5) is 0 Å². The van der Waals surface area contributed by atoms with Gasteiger partial charge in [-0.1, -0.05) is 54.6 Å². The number of fused-ring (bicyclic) bond motifs is 1. The molecule has 0 spiro atoms. The van der Waals surface area contributed by atoms with Gasteiger partial charge in [-0.05, 0) is 48.4 Å². The summed E-state index contributed by atoms with van der Waals surface area (Å²) in [5.41, 5.74) is 3.62. The molecule has 4 nitrogen and oxygen atoms in total. The van der Waals surface area contributed by atoms with Crippen molar-refractivity contribution in [2.24, 2.45) is 5.92 Å². The average molecular weight is 374 g/mol. The normalized spacial score (nSPS) is 19.6. The van der Waals surface area contributed by atoms with Crippen LogP contribution in [-0.4, -0.2) is 29.8 Å². The van der Waals surface area contributed by atoms with E-state index in [0.717, 1.165) is 31.2 Å². The third kappa shape index (κ3) is 4.16. The van der Waals surface area contributed by atoms with E-state index in [2.05, 4.69) is 23.5 Å². The summed E-state index contributed by atoms with van der Waals surface area (Å²) in [6, 6.07) is 18.3. The monoisotopic (exact) mass is 374 g/mol. The Morgan fingerprint density at radius 2 is 1.64 bits per heavy atom. The Bertz CT molecular complexity index is 867. The van der Waals surface area contributed by atoms with Gasteiger partial charge < -0.3 is 10.2 Å². The Morgan fingerprint density at radius 3 is 2.43 bits per heavy atom. The van der Waals surface area contributed by atoms with E-state index in [9.17, 15) is 9.59 Å². The SMILES string of the molecule is O=C(NC1CCc2ccccc21)C1CCN(C(=O)/C=C/c2ccccc2)CC1. The molecule has 1 unspecified atom stereocenters. The molecule has 4 heteroatoms. The fourth-order valence-electron chi connectivity index (χ4n) is 4.20. The molecule has 1 aliphatic carbocycles. The molecule has 1 fully saturated rings. The van der Waals surface area contributed by atoms with Gasteiger partial charge in [0.2, 0.25) is 11.8 Å². The molecule has 0 aromatic heterocycles. The molecule has 1 atom stereocenters. The second-order valence-corrected chi connectivity index (χ2v) is 7.64. The quantitative estimate of drug-likeness (QED) is 0.829. The minimum atomic E-state index is -0.00471. The van der Waals surface area contributed by atoms with Gasteiger partial charge in [0.15, 0.2) is 0 Å². The Morgan fingerprint density at radius 1 is 0.929 bits per heavy atom. The first-order valence-electron chi connectivity index (χ1n) is 10.1. The predicted molar refractivity (Wildman–Crippen MR) is 110 cm³/mol. The molecule has 2 aromatic carbocycles. The van der Waals surface area contributed by atoms with Crippen molar-refractivity contribution in [1.82, 2.24) is 10.2 Å². The highest BCUT2D eigenvalue weighted by atomic mass is 16.2. The van der Waals surface area contributed by atoms with E-state index in [1.54, 1.807) is 6.08 Å². The van der Waals surface area contributed by atoms with Crippen LogP contribution >= 0.6 is 0 Å². The van der Waals surface area contributed by atoms with Gasteiger partial charge in [-0.25, -0.2) is 0 Å². The maximum Gasteiger partial charge on any atom is 0.246 e. The molecule has 1 heterocycles. The Balaban J connectivity index is 1.28. The molecule has 0 radical (unpaired) electrons. The van der Waals surface area contributed by atoms with E-state index < -0.39 is 0 Å². The molecule has 144 valence electrons. The first-order valence-corrected chi connectivity index (χ1v) is 10.1. The number of carbonyl (C=O) groups excluding carboxylic acids is 2. The van der Waals surface area contributed by atoms with Crippen molar-refractivity contribution < 1.29 is 9.59 Å². The summed E-state index contributed by atoms with van der Waals surface area (Å²) in [5.74, 6) is 0.149. The van der Waals surface area contributed by atoms with Crippen molar-refractivity contribution >= 4 is 17.9 Å². The molecule has 2 amide bonds. The highest BCUT2D eigenvalue weighted by Crippen LogP contribution is 2.31. The molecule has 1 aliphatic heterocycles. The minimum Gasteiger partial charge on any atom is -0.349 e. The molecular weight excluding hydrogens is 348 g/mol. The van der Waals surface area contributed by atoms with Crippen LogP contribution in [0.15, 0.2) is 60.7 Å². The van der Waals surface area contributed by atoms with E-state index in [1.807, 2.05) is 47.4 Å². The van der Waals surface area contributed by atoms with Gasteiger partial charge in [0.1, 0.15) is 0 Å². The highest BCUT2D eigenvalue weighted by molar-refractivity contribution is 5.92. The summed E-state index contributed by atoms with van der Waals surface area (Å²) in [5, 5.41) is 3.24. The molecule has 4 rings (SSSR count). The fraction of sp³-hybridized carbons (Fsp3) is 0.333. The summed E-state index contributed by atoms with van der Waals surface area (Å²) in [6.45, 7) is 1.27. The molecular formula is C24H26N2O2. The zero-order chi connectivity index (χ0) is 19.3. The van der Waals surface area contributed by atoms with Crippen LogP contribution < -0.4 is 5.32 Å². The number of benzene rings is 2. The molecule has 2 aliphatic rings. The largest absolute Gasteiger partial charge is 0.349 e. The Labute approximate surface area is 166 Å². The summed E-state index contributed by atoms with van der Waals surface area (Å²) in [6.07, 6.45) is 6.94. The third-order valence-electron chi connectivity index (χ3n) is 5.84. The number of aryl methyl sites for hydroxylation is 1. The molecule has 0 saturated carbocycles. The fourth-order valence-corrected chi connectivity index (χ4v) is 4.20. The third-order valence-corrected chi connectivity index (χ3v) is 5.84. The van der Waals surface area contributed by atoms with Crippen LogP contribution in [-0.2, 0) is 16.0 Å². The van der Waals surface area contributed by atoms with Crippen molar-refractivity contribution in [3.8, 4) is 0 Å². The second kappa shape index (κ2) is 8.42. The summed E-state index contributed by atoms with van der Waals surface area (Å²) in [7, 11) is 0. The van der Waals surface area contributed by atoms with Crippen LogP contribution in [0.25, 0.3) is 6.08 Å². The smallest absolute Gasteiger partial charge is 0.246 e. The number of hydrogen-bond donors (Lipinski definition) is 1. The van der Waals surface area contributed by atoms with Crippen LogP contribution in [0, 0.1) is 5.92 Å². The summed E-state index contributed by atoms with van der Waals surface area (Å²) in [4.78, 5) is 27.0. The van der Waals surface area contributed by atoms with E-state index in [0.29, 0.717) is 13.1 Å². The van der Waals surface area contributed by atoms with E-state index in [4.69, 9.17) is 0 Å². The Hall–Kier alpha value is -2.88. The van der Waals surface area contributed by atoms with Gasteiger partial charge in [-0.15, -0.1) is 0 Å². The number of hydrogen-bond acceptors (Lipinski definition) is 2. The molecule has 2 aromatic rings. The lowest BCUT2D eigenvalue weighted by atomic mass is 9.95. The Kier molecular flexibility index (Phi) is 5.56. The van der Waals surface area contributed by atoms with Crippen molar-refractivity contribution in [3.05, 3.63) is 77.4 Å². The zero-order valence-corrected chi connectivity index (χ0v) is 16.0. The maximum atomic E-state index is 12.7. The maximum absolute atomic E-state index is 12.7. The van der Waals surface area contributed by atoms with Gasteiger partial charge in [0.05, 0.1) is 6.04 Å². The lowest BCUT2D eigenvalue weighted by Crippen LogP contribution is -2.43. The number of likely N-dealkylation sites (tertiary alicyclic amines) is 1. The molecule has 0 bridgehead atoms. The molecule has 1 saturated heterocycles. The van der Waals surface area contributed by atoms with E-state index in [-0.39, 0.29) is 23.8 Å². The highest BCUT2D eigenvalue weighted by Gasteiger charge is 2.30. The first-order chi connectivity index (χ1) is 13.7. The number of nitrogens with one attached hydrogen (secondary N) is 1. The van der Waals surface area contributed by atoms with Gasteiger partial charge in [-0.3, -0.25) is 9.59 Å². The number of rotatable bonds is 4. The topological polar surface area (TPSA) is 49.4 Å². The van der Waals surface area contributed by atoms with Gasteiger partial charge >= 0.3 is 0 Å². The van der Waals surface area contributed by atoms with Crippen molar-refractivity contribution in [1.29, 1.82) is 0 Å². The number of nitrogens with zero attached hydrogens (tertiary/aromatic N) is 1. The summed E-state index contributed by atoms with van der Waals surface area (Å²) < 4.78 is 0. The van der Waals surface area contributed by atoms with Gasteiger partial charge in [-0.2, -0.15) is 0 Å². The van der Waals surface area contributed by atoms with Gasteiger partial charge in [0.25, 0.3) is 0 Å². The molecule has 28 heavy (non-hydrogen) atoms. The number of carbonyl (C=O) groups is 2.